The third-order valence-corrected chi connectivity index (χ3v) is 5.87. The van der Waals surface area contributed by atoms with Crippen LogP contribution < -0.4 is 5.56 Å². The summed E-state index contributed by atoms with van der Waals surface area (Å²) in [4.78, 5) is 51.5. The van der Waals surface area contributed by atoms with Crippen LogP contribution in [0.15, 0.2) is 23.1 Å². The number of aromatic nitrogens is 1. The molecule has 3 rings (SSSR count). The van der Waals surface area contributed by atoms with Gasteiger partial charge in [-0.1, -0.05) is 0 Å². The van der Waals surface area contributed by atoms with Crippen LogP contribution in [0.1, 0.15) is 36.5 Å². The molecule has 2 aliphatic heterocycles. The molecule has 2 saturated heterocycles. The molecule has 3 heterocycles. The fraction of sp³-hybridized carbons (Fsp3) is 0.556. The molecule has 0 aromatic carbocycles. The van der Waals surface area contributed by atoms with E-state index < -0.39 is 17.4 Å². The van der Waals surface area contributed by atoms with Crippen LogP contribution in [0.5, 0.6) is 0 Å². The lowest BCUT2D eigenvalue weighted by molar-refractivity contribution is -0.145. The van der Waals surface area contributed by atoms with Crippen molar-refractivity contribution >= 4 is 17.8 Å². The van der Waals surface area contributed by atoms with Crippen LogP contribution in [-0.2, 0) is 16.1 Å². The molecular formula is C18H23N3O5. The lowest BCUT2D eigenvalue weighted by Gasteiger charge is -2.45. The molecule has 1 aromatic heterocycles. The molecule has 0 aliphatic carbocycles. The first-order valence-electron chi connectivity index (χ1n) is 8.79. The van der Waals surface area contributed by atoms with Crippen molar-refractivity contribution in [2.24, 2.45) is 5.92 Å². The molecule has 140 valence electrons. The number of hydrogen-bond acceptors (Lipinski definition) is 4. The van der Waals surface area contributed by atoms with Gasteiger partial charge < -0.3 is 19.5 Å². The highest BCUT2D eigenvalue weighted by atomic mass is 16.4. The monoisotopic (exact) mass is 361 g/mol. The minimum atomic E-state index is -0.967. The number of carbonyl (C=O) groups is 3. The van der Waals surface area contributed by atoms with Gasteiger partial charge in [0.15, 0.2) is 0 Å². The Hall–Kier alpha value is -2.64. The van der Waals surface area contributed by atoms with E-state index in [1.165, 1.54) is 10.6 Å². The van der Waals surface area contributed by atoms with Gasteiger partial charge in [0.25, 0.3) is 11.5 Å². The van der Waals surface area contributed by atoms with Crippen molar-refractivity contribution < 1.29 is 19.5 Å². The highest BCUT2D eigenvalue weighted by Crippen LogP contribution is 2.42. The van der Waals surface area contributed by atoms with E-state index in [1.54, 1.807) is 29.1 Å². The standard InChI is InChI=1S/C18H23N3O5/c1-3-20-7-4-12(10-15(20)23)16(24)21-8-5-18(6-9-21)13(17(25)26)11-14(22)19(18)2/h4,7,10,13H,3,5-6,8-9,11H2,1-2H3,(H,25,26)/t13-/m0/s1. The number of carbonyl (C=O) groups excluding carboxylic acids is 2. The number of aryl methyl sites for hydroxylation is 1. The number of carboxylic acid groups (broad SMARTS) is 1. The van der Waals surface area contributed by atoms with Crippen LogP contribution in [0.25, 0.3) is 0 Å². The lowest BCUT2D eigenvalue weighted by Crippen LogP contribution is -2.57. The molecule has 2 aliphatic rings. The molecule has 2 fully saturated rings. The molecule has 1 spiro atoms. The minimum absolute atomic E-state index is 0.00895. The normalized spacial score (nSPS) is 22.1. The van der Waals surface area contributed by atoms with Crippen molar-refractivity contribution in [3.63, 3.8) is 0 Å². The van der Waals surface area contributed by atoms with E-state index in [1.807, 2.05) is 6.92 Å². The predicted molar refractivity (Wildman–Crippen MR) is 92.8 cm³/mol. The number of piperidine rings is 1. The second kappa shape index (κ2) is 6.59. The van der Waals surface area contributed by atoms with Crippen LogP contribution in [-0.4, -0.2) is 62.9 Å². The summed E-state index contributed by atoms with van der Waals surface area (Å²) in [5, 5.41) is 9.50. The first-order valence-corrected chi connectivity index (χ1v) is 8.79. The Balaban J connectivity index is 1.76. The van der Waals surface area contributed by atoms with Crippen molar-refractivity contribution in [2.45, 2.75) is 38.3 Å². The molecule has 1 aromatic rings. The third-order valence-electron chi connectivity index (χ3n) is 5.87. The van der Waals surface area contributed by atoms with E-state index in [2.05, 4.69) is 0 Å². The van der Waals surface area contributed by atoms with E-state index in [-0.39, 0.29) is 23.8 Å². The third kappa shape index (κ3) is 2.79. The van der Waals surface area contributed by atoms with Gasteiger partial charge in [-0.25, -0.2) is 0 Å². The van der Waals surface area contributed by atoms with Gasteiger partial charge >= 0.3 is 5.97 Å². The average Bonchev–Trinajstić information content (AvgIpc) is 2.87. The smallest absolute Gasteiger partial charge is 0.309 e. The van der Waals surface area contributed by atoms with Gasteiger partial charge in [0.05, 0.1) is 11.5 Å². The SMILES string of the molecule is CCn1ccc(C(=O)N2CCC3(CC2)[C@H](C(=O)O)CC(=O)N3C)cc1=O. The number of pyridine rings is 1. The van der Waals surface area contributed by atoms with Crippen molar-refractivity contribution in [3.8, 4) is 0 Å². The van der Waals surface area contributed by atoms with Crippen molar-refractivity contribution in [1.29, 1.82) is 0 Å². The van der Waals surface area contributed by atoms with E-state index in [0.29, 0.717) is 38.0 Å². The maximum atomic E-state index is 12.7. The summed E-state index contributed by atoms with van der Waals surface area (Å²) in [5.41, 5.74) is -0.620. The summed E-state index contributed by atoms with van der Waals surface area (Å²) in [7, 11) is 1.65. The summed E-state index contributed by atoms with van der Waals surface area (Å²) >= 11 is 0. The first-order chi connectivity index (χ1) is 12.3. The van der Waals surface area contributed by atoms with E-state index in [4.69, 9.17) is 0 Å². The number of amides is 2. The Labute approximate surface area is 151 Å². The second-order valence-corrected chi connectivity index (χ2v) is 6.98. The molecule has 0 radical (unpaired) electrons. The van der Waals surface area contributed by atoms with Crippen LogP contribution in [0.2, 0.25) is 0 Å². The van der Waals surface area contributed by atoms with Crippen LogP contribution in [0, 0.1) is 5.92 Å². The van der Waals surface area contributed by atoms with Gasteiger partial charge in [0.2, 0.25) is 5.91 Å². The van der Waals surface area contributed by atoms with Gasteiger partial charge in [-0.05, 0) is 25.8 Å². The second-order valence-electron chi connectivity index (χ2n) is 6.98. The highest BCUT2D eigenvalue weighted by molar-refractivity contribution is 5.94. The molecule has 0 saturated carbocycles. The van der Waals surface area contributed by atoms with Gasteiger partial charge in [0.1, 0.15) is 0 Å². The number of hydrogen-bond donors (Lipinski definition) is 1. The topological polar surface area (TPSA) is 99.9 Å². The van der Waals surface area contributed by atoms with Gasteiger partial charge in [-0.3, -0.25) is 19.2 Å². The fourth-order valence-electron chi connectivity index (χ4n) is 4.17. The van der Waals surface area contributed by atoms with Gasteiger partial charge in [-0.15, -0.1) is 0 Å². The summed E-state index contributed by atoms with van der Waals surface area (Å²) < 4.78 is 1.51. The zero-order chi connectivity index (χ0) is 19.1. The maximum Gasteiger partial charge on any atom is 0.309 e. The Morgan fingerprint density at radius 3 is 2.46 bits per heavy atom. The van der Waals surface area contributed by atoms with Crippen LogP contribution in [0.3, 0.4) is 0 Å². The van der Waals surface area contributed by atoms with Crippen molar-refractivity contribution in [1.82, 2.24) is 14.4 Å². The minimum Gasteiger partial charge on any atom is -0.481 e. The zero-order valence-electron chi connectivity index (χ0n) is 15.0. The first kappa shape index (κ1) is 18.2. The number of aliphatic carboxylic acids is 1. The molecule has 1 atom stereocenters. The molecule has 0 bridgehead atoms. The van der Waals surface area contributed by atoms with Crippen molar-refractivity contribution in [3.05, 3.63) is 34.2 Å². The molecule has 8 heteroatoms. The number of likely N-dealkylation sites (tertiary alicyclic amines) is 2. The van der Waals surface area contributed by atoms with E-state index >= 15 is 0 Å². The number of nitrogens with zero attached hydrogens (tertiary/aromatic N) is 3. The largest absolute Gasteiger partial charge is 0.481 e. The van der Waals surface area contributed by atoms with Crippen molar-refractivity contribution in [2.75, 3.05) is 20.1 Å². The summed E-state index contributed by atoms with van der Waals surface area (Å²) in [6, 6.07) is 2.96. The summed E-state index contributed by atoms with van der Waals surface area (Å²) in [6.07, 6.45) is 2.45. The summed E-state index contributed by atoms with van der Waals surface area (Å²) in [5.74, 6) is -2.12. The maximum absolute atomic E-state index is 12.7. The molecule has 26 heavy (non-hydrogen) atoms. The lowest BCUT2D eigenvalue weighted by atomic mass is 9.77. The molecule has 8 nitrogen and oxygen atoms in total. The molecule has 2 amide bonds. The Bertz CT molecular complexity index is 807. The van der Waals surface area contributed by atoms with Gasteiger partial charge in [0, 0.05) is 50.9 Å². The molecular weight excluding hydrogens is 338 g/mol. The Kier molecular flexibility index (Phi) is 4.60. The zero-order valence-corrected chi connectivity index (χ0v) is 15.0. The highest BCUT2D eigenvalue weighted by Gasteiger charge is 2.55. The average molecular weight is 361 g/mol. The quantitative estimate of drug-likeness (QED) is 0.840. The van der Waals surface area contributed by atoms with Gasteiger partial charge in [-0.2, -0.15) is 0 Å². The fourth-order valence-corrected chi connectivity index (χ4v) is 4.17. The van der Waals surface area contributed by atoms with Crippen LogP contribution in [0.4, 0.5) is 0 Å². The van der Waals surface area contributed by atoms with E-state index in [9.17, 15) is 24.3 Å². The number of carboxylic acids is 1. The summed E-state index contributed by atoms with van der Waals surface area (Å²) in [6.45, 7) is 3.11. The molecule has 1 N–H and O–H groups in total. The Morgan fingerprint density at radius 1 is 1.27 bits per heavy atom. The predicted octanol–water partition coefficient (Wildman–Crippen LogP) is 0.406. The Morgan fingerprint density at radius 2 is 1.92 bits per heavy atom. The number of rotatable bonds is 3. The molecule has 0 unspecified atom stereocenters. The van der Waals surface area contributed by atoms with E-state index in [0.717, 1.165) is 0 Å². The van der Waals surface area contributed by atoms with Crippen LogP contribution >= 0.6 is 0 Å².